The van der Waals surface area contributed by atoms with Crippen LogP contribution in [-0.4, -0.2) is 36.6 Å². The number of hydrogen-bond acceptors (Lipinski definition) is 3. The maximum atomic E-state index is 11.8. The molecular weight excluding hydrogens is 214 g/mol. The molecule has 1 aliphatic heterocycles. The first-order chi connectivity index (χ1) is 8.31. The lowest BCUT2D eigenvalue weighted by atomic mass is 9.89. The highest BCUT2D eigenvalue weighted by Gasteiger charge is 2.33. The first-order valence-electron chi connectivity index (χ1n) is 7.22. The van der Waals surface area contributed by atoms with Gasteiger partial charge < -0.3 is 4.74 Å². The van der Waals surface area contributed by atoms with E-state index in [2.05, 4.69) is 4.90 Å². The van der Waals surface area contributed by atoms with Gasteiger partial charge in [-0.05, 0) is 45.1 Å². The summed E-state index contributed by atoms with van der Waals surface area (Å²) in [4.78, 5) is 14.2. The average Bonchev–Trinajstić information content (AvgIpc) is 2.79. The Balaban J connectivity index is 1.83. The molecule has 1 unspecified atom stereocenters. The second kappa shape index (κ2) is 6.39. The first kappa shape index (κ1) is 12.9. The van der Waals surface area contributed by atoms with Crippen LogP contribution < -0.4 is 0 Å². The predicted octanol–water partition coefficient (Wildman–Crippen LogP) is 2.59. The van der Waals surface area contributed by atoms with Crippen LogP contribution in [0.25, 0.3) is 0 Å². The Labute approximate surface area is 105 Å². The van der Waals surface area contributed by atoms with E-state index in [1.54, 1.807) is 0 Å². The Hall–Kier alpha value is -0.570. The van der Waals surface area contributed by atoms with Gasteiger partial charge in [-0.3, -0.25) is 9.69 Å². The smallest absolute Gasteiger partial charge is 0.323 e. The summed E-state index contributed by atoms with van der Waals surface area (Å²) >= 11 is 0. The molecule has 0 aromatic rings. The molecule has 17 heavy (non-hydrogen) atoms. The summed E-state index contributed by atoms with van der Waals surface area (Å²) in [5.41, 5.74) is 0. The minimum absolute atomic E-state index is 0.000749. The summed E-state index contributed by atoms with van der Waals surface area (Å²) < 4.78 is 5.16. The van der Waals surface area contributed by atoms with Gasteiger partial charge in [0, 0.05) is 6.54 Å². The Morgan fingerprint density at radius 3 is 2.65 bits per heavy atom. The van der Waals surface area contributed by atoms with Crippen LogP contribution in [-0.2, 0) is 9.53 Å². The highest BCUT2D eigenvalue weighted by molar-refractivity contribution is 5.76. The third-order valence-electron chi connectivity index (χ3n) is 4.14. The van der Waals surface area contributed by atoms with E-state index in [4.69, 9.17) is 4.74 Å². The fourth-order valence-electron chi connectivity index (χ4n) is 3.25. The van der Waals surface area contributed by atoms with E-state index >= 15 is 0 Å². The third-order valence-corrected chi connectivity index (χ3v) is 4.14. The van der Waals surface area contributed by atoms with Crippen LogP contribution in [0.3, 0.4) is 0 Å². The van der Waals surface area contributed by atoms with E-state index in [1.807, 2.05) is 6.92 Å². The zero-order chi connectivity index (χ0) is 12.1. The lowest BCUT2D eigenvalue weighted by Gasteiger charge is -2.29. The SMILES string of the molecule is CCOC(=O)C1CCCN1CC1CCCCC1. The van der Waals surface area contributed by atoms with Crippen molar-refractivity contribution in [3.05, 3.63) is 0 Å². The van der Waals surface area contributed by atoms with Crippen molar-refractivity contribution in [1.82, 2.24) is 4.90 Å². The number of nitrogens with zero attached hydrogens (tertiary/aromatic N) is 1. The molecule has 1 heterocycles. The topological polar surface area (TPSA) is 29.5 Å². The molecule has 2 aliphatic rings. The molecule has 2 rings (SSSR count). The molecule has 1 saturated carbocycles. The van der Waals surface area contributed by atoms with E-state index in [-0.39, 0.29) is 12.0 Å². The molecule has 1 saturated heterocycles. The fourth-order valence-corrected chi connectivity index (χ4v) is 3.25. The summed E-state index contributed by atoms with van der Waals surface area (Å²) in [5, 5.41) is 0. The molecule has 0 aromatic heterocycles. The largest absolute Gasteiger partial charge is 0.465 e. The van der Waals surface area contributed by atoms with E-state index in [0.717, 1.165) is 31.8 Å². The Kier molecular flexibility index (Phi) is 4.84. The van der Waals surface area contributed by atoms with Crippen LogP contribution in [0.2, 0.25) is 0 Å². The van der Waals surface area contributed by atoms with Gasteiger partial charge in [0.2, 0.25) is 0 Å². The van der Waals surface area contributed by atoms with Crippen molar-refractivity contribution in [2.24, 2.45) is 5.92 Å². The van der Waals surface area contributed by atoms with Gasteiger partial charge in [-0.1, -0.05) is 19.3 Å². The van der Waals surface area contributed by atoms with Crippen LogP contribution in [0.15, 0.2) is 0 Å². The van der Waals surface area contributed by atoms with Gasteiger partial charge in [0.05, 0.1) is 6.61 Å². The zero-order valence-electron chi connectivity index (χ0n) is 11.0. The molecule has 0 radical (unpaired) electrons. The number of hydrogen-bond donors (Lipinski definition) is 0. The molecule has 0 amide bonds. The Bertz CT molecular complexity index is 249. The van der Waals surface area contributed by atoms with Gasteiger partial charge in [-0.2, -0.15) is 0 Å². The normalized spacial score (nSPS) is 27.2. The predicted molar refractivity (Wildman–Crippen MR) is 67.8 cm³/mol. The van der Waals surface area contributed by atoms with Crippen LogP contribution in [0.1, 0.15) is 51.9 Å². The van der Waals surface area contributed by atoms with Crippen molar-refractivity contribution in [3.8, 4) is 0 Å². The molecule has 0 N–H and O–H groups in total. The number of likely N-dealkylation sites (tertiary alicyclic amines) is 1. The maximum absolute atomic E-state index is 11.8. The summed E-state index contributed by atoms with van der Waals surface area (Å²) in [6.45, 7) is 4.59. The van der Waals surface area contributed by atoms with Crippen molar-refractivity contribution in [2.75, 3.05) is 19.7 Å². The minimum atomic E-state index is 0.000749. The second-order valence-corrected chi connectivity index (χ2v) is 5.41. The Morgan fingerprint density at radius 1 is 1.18 bits per heavy atom. The minimum Gasteiger partial charge on any atom is -0.465 e. The molecule has 2 fully saturated rings. The molecule has 3 heteroatoms. The number of ether oxygens (including phenoxy) is 1. The van der Waals surface area contributed by atoms with E-state index in [9.17, 15) is 4.79 Å². The quantitative estimate of drug-likeness (QED) is 0.706. The summed E-state index contributed by atoms with van der Waals surface area (Å²) in [6.07, 6.45) is 9.00. The van der Waals surface area contributed by atoms with Gasteiger partial charge >= 0.3 is 5.97 Å². The number of esters is 1. The first-order valence-corrected chi connectivity index (χ1v) is 7.22. The van der Waals surface area contributed by atoms with Crippen molar-refractivity contribution in [3.63, 3.8) is 0 Å². The van der Waals surface area contributed by atoms with Gasteiger partial charge in [0.25, 0.3) is 0 Å². The second-order valence-electron chi connectivity index (χ2n) is 5.41. The molecule has 1 aliphatic carbocycles. The lowest BCUT2D eigenvalue weighted by Crippen LogP contribution is -2.40. The van der Waals surface area contributed by atoms with Gasteiger partial charge in [-0.25, -0.2) is 0 Å². The molecule has 98 valence electrons. The number of carbonyl (C=O) groups is 1. The summed E-state index contributed by atoms with van der Waals surface area (Å²) in [7, 11) is 0. The zero-order valence-corrected chi connectivity index (χ0v) is 11.0. The summed E-state index contributed by atoms with van der Waals surface area (Å²) in [6, 6.07) is 0.0527. The van der Waals surface area contributed by atoms with E-state index in [1.165, 1.54) is 32.1 Å². The van der Waals surface area contributed by atoms with E-state index in [0.29, 0.717) is 6.61 Å². The molecule has 1 atom stereocenters. The van der Waals surface area contributed by atoms with Crippen LogP contribution >= 0.6 is 0 Å². The molecule has 0 aromatic carbocycles. The lowest BCUT2D eigenvalue weighted by molar-refractivity contribution is -0.148. The van der Waals surface area contributed by atoms with Crippen LogP contribution in [0.4, 0.5) is 0 Å². The number of carbonyl (C=O) groups excluding carboxylic acids is 1. The van der Waals surface area contributed by atoms with Gasteiger partial charge in [-0.15, -0.1) is 0 Å². The van der Waals surface area contributed by atoms with Crippen molar-refractivity contribution >= 4 is 5.97 Å². The highest BCUT2D eigenvalue weighted by Crippen LogP contribution is 2.27. The molecule has 0 spiro atoms. The molecule has 0 bridgehead atoms. The van der Waals surface area contributed by atoms with Crippen LogP contribution in [0.5, 0.6) is 0 Å². The highest BCUT2D eigenvalue weighted by atomic mass is 16.5. The molecule has 3 nitrogen and oxygen atoms in total. The monoisotopic (exact) mass is 239 g/mol. The van der Waals surface area contributed by atoms with Crippen LogP contribution in [0, 0.1) is 5.92 Å². The summed E-state index contributed by atoms with van der Waals surface area (Å²) in [5.74, 6) is 0.819. The average molecular weight is 239 g/mol. The van der Waals surface area contributed by atoms with Gasteiger partial charge in [0.15, 0.2) is 0 Å². The third kappa shape index (κ3) is 3.44. The van der Waals surface area contributed by atoms with Gasteiger partial charge in [0.1, 0.15) is 6.04 Å². The Morgan fingerprint density at radius 2 is 1.94 bits per heavy atom. The standard InChI is InChI=1S/C14H25NO2/c1-2-17-14(16)13-9-6-10-15(13)11-12-7-4-3-5-8-12/h12-13H,2-11H2,1H3. The molecular formula is C14H25NO2. The van der Waals surface area contributed by atoms with Crippen molar-refractivity contribution in [2.45, 2.75) is 57.9 Å². The van der Waals surface area contributed by atoms with Crippen molar-refractivity contribution < 1.29 is 9.53 Å². The fraction of sp³-hybridized carbons (Fsp3) is 0.929. The van der Waals surface area contributed by atoms with Crippen molar-refractivity contribution in [1.29, 1.82) is 0 Å². The number of rotatable bonds is 4. The maximum Gasteiger partial charge on any atom is 0.323 e. The van der Waals surface area contributed by atoms with E-state index < -0.39 is 0 Å².